The smallest absolute Gasteiger partial charge is 0.417 e. The third-order valence-electron chi connectivity index (χ3n) is 3.63. The topological polar surface area (TPSA) is 127 Å². The SMILES string of the molecule is CCc1nc2c(Cl)cc(C(F)(F)F)cn2c1C(=O)NC(CC(N)=O)C(=O)O. The number of halogens is 4. The second-order valence-electron chi connectivity index (χ2n) is 5.56. The van der Waals surface area contributed by atoms with E-state index in [0.29, 0.717) is 12.3 Å². The van der Waals surface area contributed by atoms with Crippen LogP contribution in [-0.4, -0.2) is 38.3 Å². The highest BCUT2D eigenvalue weighted by Crippen LogP contribution is 2.33. The van der Waals surface area contributed by atoms with Crippen LogP contribution in [0.15, 0.2) is 12.3 Å². The molecule has 0 saturated heterocycles. The van der Waals surface area contributed by atoms with Crippen LogP contribution in [0.5, 0.6) is 0 Å². The Labute approximate surface area is 155 Å². The lowest BCUT2D eigenvalue weighted by Gasteiger charge is -2.14. The zero-order valence-electron chi connectivity index (χ0n) is 13.8. The van der Waals surface area contributed by atoms with Crippen LogP contribution >= 0.6 is 11.6 Å². The number of carbonyl (C=O) groups is 3. The summed E-state index contributed by atoms with van der Waals surface area (Å²) < 4.78 is 40.0. The van der Waals surface area contributed by atoms with E-state index < -0.39 is 42.0 Å². The van der Waals surface area contributed by atoms with Crippen LogP contribution in [0.25, 0.3) is 5.65 Å². The van der Waals surface area contributed by atoms with Gasteiger partial charge in [0.25, 0.3) is 5.91 Å². The predicted molar refractivity (Wildman–Crippen MR) is 87.3 cm³/mol. The number of primary amides is 1. The van der Waals surface area contributed by atoms with Crippen molar-refractivity contribution < 1.29 is 32.7 Å². The summed E-state index contributed by atoms with van der Waals surface area (Å²) in [5, 5.41) is 10.8. The average molecular weight is 407 g/mol. The molecule has 12 heteroatoms. The summed E-state index contributed by atoms with van der Waals surface area (Å²) in [4.78, 5) is 38.8. The van der Waals surface area contributed by atoms with Crippen molar-refractivity contribution in [2.45, 2.75) is 32.0 Å². The van der Waals surface area contributed by atoms with Crippen molar-refractivity contribution in [3.8, 4) is 0 Å². The first kappa shape index (κ1) is 20.5. The molecule has 0 radical (unpaired) electrons. The van der Waals surface area contributed by atoms with Crippen LogP contribution in [-0.2, 0) is 22.2 Å². The highest BCUT2D eigenvalue weighted by Gasteiger charge is 2.33. The molecule has 0 saturated carbocycles. The minimum Gasteiger partial charge on any atom is -0.480 e. The second kappa shape index (κ2) is 7.43. The van der Waals surface area contributed by atoms with Gasteiger partial charge in [0.15, 0.2) is 5.65 Å². The Kier molecular flexibility index (Phi) is 5.64. The molecule has 146 valence electrons. The number of nitrogens with one attached hydrogen (secondary N) is 1. The molecule has 0 aromatic carbocycles. The Morgan fingerprint density at radius 2 is 2.04 bits per heavy atom. The minimum absolute atomic E-state index is 0.0894. The highest BCUT2D eigenvalue weighted by molar-refractivity contribution is 6.33. The number of aryl methyl sites for hydroxylation is 1. The summed E-state index contributed by atoms with van der Waals surface area (Å²) >= 11 is 5.87. The fraction of sp³-hybridized carbons (Fsp3) is 0.333. The lowest BCUT2D eigenvalue weighted by Crippen LogP contribution is -2.43. The monoisotopic (exact) mass is 406 g/mol. The van der Waals surface area contributed by atoms with E-state index in [1.54, 1.807) is 6.92 Å². The molecule has 1 atom stereocenters. The number of carboxylic acids is 1. The number of alkyl halides is 3. The summed E-state index contributed by atoms with van der Waals surface area (Å²) in [6.45, 7) is 1.61. The van der Waals surface area contributed by atoms with Gasteiger partial charge < -0.3 is 16.2 Å². The number of fused-ring (bicyclic) bond motifs is 1. The fourth-order valence-corrected chi connectivity index (χ4v) is 2.67. The molecule has 0 aliphatic heterocycles. The number of nitrogens with zero attached hydrogens (tertiary/aromatic N) is 2. The largest absolute Gasteiger partial charge is 0.480 e. The lowest BCUT2D eigenvalue weighted by atomic mass is 10.1. The fourth-order valence-electron chi connectivity index (χ4n) is 2.42. The van der Waals surface area contributed by atoms with Gasteiger partial charge in [-0.2, -0.15) is 13.2 Å². The molecular weight excluding hydrogens is 393 g/mol. The minimum atomic E-state index is -4.72. The van der Waals surface area contributed by atoms with Crippen LogP contribution in [0.4, 0.5) is 13.2 Å². The molecular formula is C15H14ClF3N4O4. The van der Waals surface area contributed by atoms with Crippen LogP contribution in [0.2, 0.25) is 5.02 Å². The van der Waals surface area contributed by atoms with Crippen LogP contribution in [0.1, 0.15) is 35.1 Å². The van der Waals surface area contributed by atoms with Crippen molar-refractivity contribution in [3.05, 3.63) is 34.2 Å². The standard InChI is InChI=1S/C15H14ClF3N4O4/c1-2-8-11(13(25)22-9(14(26)27)4-10(20)24)23-5-6(15(17,18)19)3-7(16)12(23)21-8/h3,5,9H,2,4H2,1H3,(H2,20,24)(H,22,25)(H,26,27). The first-order valence-electron chi connectivity index (χ1n) is 7.55. The molecule has 2 rings (SSSR count). The summed E-state index contributed by atoms with van der Waals surface area (Å²) in [7, 11) is 0. The molecule has 0 aliphatic rings. The number of pyridine rings is 1. The van der Waals surface area contributed by atoms with Crippen LogP contribution in [0.3, 0.4) is 0 Å². The molecule has 1 unspecified atom stereocenters. The molecule has 0 spiro atoms. The maximum absolute atomic E-state index is 13.1. The number of rotatable bonds is 6. The van der Waals surface area contributed by atoms with E-state index >= 15 is 0 Å². The first-order chi connectivity index (χ1) is 12.5. The number of amides is 2. The van der Waals surface area contributed by atoms with E-state index in [1.165, 1.54) is 0 Å². The summed E-state index contributed by atoms with van der Waals surface area (Å²) in [6, 6.07) is -0.968. The zero-order valence-corrected chi connectivity index (χ0v) is 14.6. The number of aliphatic carboxylic acids is 1. The molecule has 2 aromatic rings. The van der Waals surface area contributed by atoms with Gasteiger partial charge in [0.2, 0.25) is 5.91 Å². The van der Waals surface area contributed by atoms with Gasteiger partial charge >= 0.3 is 12.1 Å². The van der Waals surface area contributed by atoms with Crippen LogP contribution in [0, 0.1) is 0 Å². The predicted octanol–water partition coefficient (Wildman–Crippen LogP) is 1.63. The summed E-state index contributed by atoms with van der Waals surface area (Å²) in [5.74, 6) is -3.52. The van der Waals surface area contributed by atoms with Crippen molar-refractivity contribution in [2.75, 3.05) is 0 Å². The van der Waals surface area contributed by atoms with Gasteiger partial charge in [0.05, 0.1) is 22.7 Å². The molecule has 0 aliphatic carbocycles. The van der Waals surface area contributed by atoms with Gasteiger partial charge in [-0.3, -0.25) is 14.0 Å². The van der Waals surface area contributed by atoms with Crippen molar-refractivity contribution in [1.82, 2.24) is 14.7 Å². The molecule has 0 fully saturated rings. The average Bonchev–Trinajstić information content (AvgIpc) is 2.92. The Morgan fingerprint density at radius 1 is 1.41 bits per heavy atom. The molecule has 0 bridgehead atoms. The quantitative estimate of drug-likeness (QED) is 0.672. The first-order valence-corrected chi connectivity index (χ1v) is 7.93. The molecule has 2 heterocycles. The molecule has 2 aromatic heterocycles. The van der Waals surface area contributed by atoms with Crippen molar-refractivity contribution >= 4 is 35.0 Å². The number of carbonyl (C=O) groups excluding carboxylic acids is 2. The van der Waals surface area contributed by atoms with E-state index in [9.17, 15) is 27.6 Å². The normalized spacial score (nSPS) is 12.8. The Morgan fingerprint density at radius 3 is 2.52 bits per heavy atom. The van der Waals surface area contributed by atoms with Gasteiger partial charge in [0.1, 0.15) is 11.7 Å². The number of aromatic nitrogens is 2. The Hall–Kier alpha value is -2.82. The number of hydrogen-bond acceptors (Lipinski definition) is 4. The van der Waals surface area contributed by atoms with E-state index in [-0.39, 0.29) is 28.5 Å². The summed E-state index contributed by atoms with van der Waals surface area (Å²) in [5.41, 5.74) is 3.55. The Balaban J connectivity index is 2.58. The number of nitrogens with two attached hydrogens (primary N) is 1. The van der Waals surface area contributed by atoms with Gasteiger partial charge in [-0.1, -0.05) is 18.5 Å². The Bertz CT molecular complexity index is 926. The maximum atomic E-state index is 13.1. The third-order valence-corrected chi connectivity index (χ3v) is 3.91. The van der Waals surface area contributed by atoms with Crippen molar-refractivity contribution in [2.24, 2.45) is 5.73 Å². The number of imidazole rings is 1. The van der Waals surface area contributed by atoms with Crippen molar-refractivity contribution in [1.29, 1.82) is 0 Å². The lowest BCUT2D eigenvalue weighted by molar-refractivity contribution is -0.141. The molecule has 8 nitrogen and oxygen atoms in total. The van der Waals surface area contributed by atoms with E-state index in [0.717, 1.165) is 4.40 Å². The van der Waals surface area contributed by atoms with Gasteiger partial charge in [-0.05, 0) is 12.5 Å². The van der Waals surface area contributed by atoms with Gasteiger partial charge in [-0.25, -0.2) is 9.78 Å². The number of hydrogen-bond donors (Lipinski definition) is 3. The van der Waals surface area contributed by atoms with Crippen molar-refractivity contribution in [3.63, 3.8) is 0 Å². The van der Waals surface area contributed by atoms with E-state index in [2.05, 4.69) is 10.3 Å². The van der Waals surface area contributed by atoms with Crippen LogP contribution < -0.4 is 11.1 Å². The number of carboxylic acid groups (broad SMARTS) is 1. The zero-order chi connectivity index (χ0) is 20.5. The van der Waals surface area contributed by atoms with E-state index in [4.69, 9.17) is 22.4 Å². The second-order valence-corrected chi connectivity index (χ2v) is 5.97. The van der Waals surface area contributed by atoms with E-state index in [1.807, 2.05) is 0 Å². The third kappa shape index (κ3) is 4.30. The van der Waals surface area contributed by atoms with Gasteiger partial charge in [0, 0.05) is 6.20 Å². The maximum Gasteiger partial charge on any atom is 0.417 e. The molecule has 27 heavy (non-hydrogen) atoms. The molecule has 2 amide bonds. The highest BCUT2D eigenvalue weighted by atomic mass is 35.5. The summed E-state index contributed by atoms with van der Waals surface area (Å²) in [6.07, 6.45) is -4.60. The van der Waals surface area contributed by atoms with Gasteiger partial charge in [-0.15, -0.1) is 0 Å². The molecule has 4 N–H and O–H groups in total.